The largest absolute Gasteiger partial charge is 0.339 e. The second-order valence-electron chi connectivity index (χ2n) is 3.77. The number of fused-ring (bicyclic) bond motifs is 1. The molecule has 5 nitrogen and oxygen atoms in total. The van der Waals surface area contributed by atoms with E-state index in [-0.39, 0.29) is 0 Å². The van der Waals surface area contributed by atoms with Crippen LogP contribution in [-0.2, 0) is 0 Å². The van der Waals surface area contributed by atoms with Crippen LogP contribution < -0.4 is 4.90 Å². The van der Waals surface area contributed by atoms with Crippen LogP contribution in [0.2, 0.25) is 0 Å². The summed E-state index contributed by atoms with van der Waals surface area (Å²) in [7, 11) is 0. The van der Waals surface area contributed by atoms with Crippen molar-refractivity contribution in [2.24, 2.45) is 0 Å². The molecule has 1 aliphatic heterocycles. The molecule has 0 atom stereocenters. The Bertz CT molecular complexity index is 503. The quantitative estimate of drug-likeness (QED) is 0.737. The topological polar surface area (TPSA) is 46.3 Å². The highest BCUT2D eigenvalue weighted by Gasteiger charge is 2.16. The summed E-state index contributed by atoms with van der Waals surface area (Å²) >= 11 is 1.99. The molecule has 3 heterocycles. The highest BCUT2D eigenvalue weighted by atomic mass is 32.2. The van der Waals surface area contributed by atoms with Gasteiger partial charge in [0.05, 0.1) is 0 Å². The van der Waals surface area contributed by atoms with Gasteiger partial charge in [-0.2, -0.15) is 16.3 Å². The van der Waals surface area contributed by atoms with Gasteiger partial charge in [-0.3, -0.25) is 0 Å². The van der Waals surface area contributed by atoms with Crippen molar-refractivity contribution in [3.8, 4) is 0 Å². The highest BCUT2D eigenvalue weighted by molar-refractivity contribution is 7.99. The molecule has 6 heteroatoms. The highest BCUT2D eigenvalue weighted by Crippen LogP contribution is 2.17. The smallest absolute Gasteiger partial charge is 0.228 e. The number of thioether (sulfide) groups is 1. The molecule has 1 aliphatic rings. The fraction of sp³-hybridized carbons (Fsp3) is 0.500. The van der Waals surface area contributed by atoms with Crippen molar-refractivity contribution < 1.29 is 0 Å². The van der Waals surface area contributed by atoms with Crippen molar-refractivity contribution in [3.63, 3.8) is 0 Å². The predicted molar refractivity (Wildman–Crippen MR) is 65.1 cm³/mol. The van der Waals surface area contributed by atoms with Crippen LogP contribution in [0.15, 0.2) is 12.3 Å². The standard InChI is InChI=1S/C10H13N5S/c1-8-12-9-2-3-11-10(15(9)13-8)14-4-6-16-7-5-14/h2-3H,4-7H2,1H3. The molecule has 3 rings (SSSR count). The fourth-order valence-electron chi connectivity index (χ4n) is 1.89. The summed E-state index contributed by atoms with van der Waals surface area (Å²) in [4.78, 5) is 11.0. The number of hydrogen-bond donors (Lipinski definition) is 0. The van der Waals surface area contributed by atoms with Gasteiger partial charge in [-0.15, -0.1) is 5.10 Å². The lowest BCUT2D eigenvalue weighted by atomic mass is 10.5. The first kappa shape index (κ1) is 9.89. The number of aryl methyl sites for hydroxylation is 1. The van der Waals surface area contributed by atoms with E-state index in [1.54, 1.807) is 6.20 Å². The normalized spacial score (nSPS) is 16.9. The summed E-state index contributed by atoms with van der Waals surface area (Å²) in [6.07, 6.45) is 1.81. The molecular formula is C10H13N5S. The second kappa shape index (κ2) is 3.93. The maximum absolute atomic E-state index is 4.42. The SMILES string of the molecule is Cc1nc2ccnc(N3CCSCC3)n2n1. The van der Waals surface area contributed by atoms with E-state index in [1.807, 2.05) is 29.3 Å². The maximum atomic E-state index is 4.42. The molecule has 2 aromatic heterocycles. The molecule has 0 bridgehead atoms. The second-order valence-corrected chi connectivity index (χ2v) is 5.00. The van der Waals surface area contributed by atoms with Gasteiger partial charge in [0.1, 0.15) is 5.82 Å². The molecule has 0 amide bonds. The zero-order valence-corrected chi connectivity index (χ0v) is 9.94. The maximum Gasteiger partial charge on any atom is 0.228 e. The van der Waals surface area contributed by atoms with E-state index in [2.05, 4.69) is 20.0 Å². The van der Waals surface area contributed by atoms with Gasteiger partial charge in [-0.25, -0.2) is 9.97 Å². The van der Waals surface area contributed by atoms with Crippen LogP contribution in [0.3, 0.4) is 0 Å². The zero-order chi connectivity index (χ0) is 11.0. The molecule has 0 aromatic carbocycles. The molecule has 1 fully saturated rings. The van der Waals surface area contributed by atoms with Gasteiger partial charge in [0, 0.05) is 36.9 Å². The Morgan fingerprint density at radius 1 is 1.31 bits per heavy atom. The molecule has 0 saturated carbocycles. The fourth-order valence-corrected chi connectivity index (χ4v) is 2.79. The first-order valence-electron chi connectivity index (χ1n) is 5.36. The van der Waals surface area contributed by atoms with E-state index < -0.39 is 0 Å². The number of nitrogens with zero attached hydrogens (tertiary/aromatic N) is 5. The summed E-state index contributed by atoms with van der Waals surface area (Å²) in [6.45, 7) is 3.98. The zero-order valence-electron chi connectivity index (χ0n) is 9.13. The minimum Gasteiger partial charge on any atom is -0.339 e. The summed E-state index contributed by atoms with van der Waals surface area (Å²) < 4.78 is 1.84. The van der Waals surface area contributed by atoms with Gasteiger partial charge < -0.3 is 4.90 Å². The Labute approximate surface area is 97.9 Å². The van der Waals surface area contributed by atoms with Gasteiger partial charge in [0.25, 0.3) is 0 Å². The van der Waals surface area contributed by atoms with E-state index in [0.29, 0.717) is 0 Å². The van der Waals surface area contributed by atoms with Crippen LogP contribution in [0.1, 0.15) is 5.82 Å². The van der Waals surface area contributed by atoms with Crippen LogP contribution in [0.4, 0.5) is 5.95 Å². The minimum absolute atomic E-state index is 0.792. The summed E-state index contributed by atoms with van der Waals surface area (Å²) in [6, 6.07) is 1.89. The van der Waals surface area contributed by atoms with E-state index >= 15 is 0 Å². The van der Waals surface area contributed by atoms with Crippen LogP contribution in [0.5, 0.6) is 0 Å². The number of hydrogen-bond acceptors (Lipinski definition) is 5. The van der Waals surface area contributed by atoms with Crippen LogP contribution in [-0.4, -0.2) is 44.2 Å². The van der Waals surface area contributed by atoms with Crippen LogP contribution in [0, 0.1) is 6.92 Å². The number of rotatable bonds is 1. The van der Waals surface area contributed by atoms with Crippen molar-refractivity contribution in [1.82, 2.24) is 19.6 Å². The summed E-state index contributed by atoms with van der Waals surface area (Å²) in [5.41, 5.74) is 0.876. The van der Waals surface area contributed by atoms with E-state index in [0.717, 1.165) is 42.0 Å². The van der Waals surface area contributed by atoms with Gasteiger partial charge in [0.15, 0.2) is 5.65 Å². The van der Waals surface area contributed by atoms with Gasteiger partial charge in [-0.05, 0) is 6.92 Å². The predicted octanol–water partition coefficient (Wildman–Crippen LogP) is 0.986. The number of anilines is 1. The molecular weight excluding hydrogens is 222 g/mol. The van der Waals surface area contributed by atoms with Crippen molar-refractivity contribution in [1.29, 1.82) is 0 Å². The summed E-state index contributed by atoms with van der Waals surface area (Å²) in [5, 5.41) is 4.38. The number of aromatic nitrogens is 4. The minimum atomic E-state index is 0.792. The van der Waals surface area contributed by atoms with Crippen LogP contribution >= 0.6 is 11.8 Å². The Morgan fingerprint density at radius 2 is 2.12 bits per heavy atom. The molecule has 1 saturated heterocycles. The molecule has 84 valence electrons. The molecule has 0 radical (unpaired) electrons. The van der Waals surface area contributed by atoms with Crippen molar-refractivity contribution in [2.45, 2.75) is 6.92 Å². The molecule has 0 spiro atoms. The first-order chi connectivity index (χ1) is 7.84. The third-order valence-electron chi connectivity index (χ3n) is 2.64. The average molecular weight is 235 g/mol. The Kier molecular flexibility index (Phi) is 2.43. The lowest BCUT2D eigenvalue weighted by Crippen LogP contribution is -2.34. The van der Waals surface area contributed by atoms with Crippen molar-refractivity contribution in [3.05, 3.63) is 18.1 Å². The third-order valence-corrected chi connectivity index (χ3v) is 3.58. The van der Waals surface area contributed by atoms with Gasteiger partial charge >= 0.3 is 0 Å². The van der Waals surface area contributed by atoms with Crippen molar-refractivity contribution in [2.75, 3.05) is 29.5 Å². The molecule has 0 unspecified atom stereocenters. The van der Waals surface area contributed by atoms with Gasteiger partial charge in [0.2, 0.25) is 5.95 Å². The van der Waals surface area contributed by atoms with E-state index in [4.69, 9.17) is 0 Å². The van der Waals surface area contributed by atoms with Crippen LogP contribution in [0.25, 0.3) is 5.65 Å². The molecule has 0 N–H and O–H groups in total. The molecule has 2 aromatic rings. The average Bonchev–Trinajstić information content (AvgIpc) is 2.70. The Balaban J connectivity index is 2.07. The first-order valence-corrected chi connectivity index (χ1v) is 6.51. The van der Waals surface area contributed by atoms with E-state index in [9.17, 15) is 0 Å². The third kappa shape index (κ3) is 1.63. The monoisotopic (exact) mass is 235 g/mol. The lowest BCUT2D eigenvalue weighted by Gasteiger charge is -2.26. The van der Waals surface area contributed by atoms with E-state index in [1.165, 1.54) is 0 Å². The van der Waals surface area contributed by atoms with Crippen molar-refractivity contribution >= 4 is 23.4 Å². The van der Waals surface area contributed by atoms with Gasteiger partial charge in [-0.1, -0.05) is 0 Å². The summed E-state index contributed by atoms with van der Waals surface area (Å²) in [5.74, 6) is 4.02. The molecule has 16 heavy (non-hydrogen) atoms. The molecule has 0 aliphatic carbocycles. The lowest BCUT2D eigenvalue weighted by molar-refractivity contribution is 0.770. The Morgan fingerprint density at radius 3 is 2.94 bits per heavy atom. The Hall–Kier alpha value is -1.30.